The standard InChI is InChI=1S/C14H21NO2/c1-9(2)13(15)14(16)11-7-5-6-8-12(11)17-10(3)4/h5-10,13H,15H2,1-4H3. The van der Waals surface area contributed by atoms with Crippen molar-refractivity contribution in [3.8, 4) is 5.75 Å². The summed E-state index contributed by atoms with van der Waals surface area (Å²) in [6.45, 7) is 7.75. The fraction of sp³-hybridized carbons (Fsp3) is 0.500. The van der Waals surface area contributed by atoms with E-state index in [2.05, 4.69) is 0 Å². The zero-order valence-electron chi connectivity index (χ0n) is 10.9. The molecule has 0 heterocycles. The van der Waals surface area contributed by atoms with Crippen LogP contribution >= 0.6 is 0 Å². The van der Waals surface area contributed by atoms with Gasteiger partial charge in [-0.05, 0) is 31.9 Å². The Morgan fingerprint density at radius 2 is 1.76 bits per heavy atom. The Bertz CT molecular complexity index is 386. The maximum Gasteiger partial charge on any atom is 0.183 e. The molecule has 0 saturated heterocycles. The summed E-state index contributed by atoms with van der Waals surface area (Å²) in [5.74, 6) is 0.675. The number of Topliss-reactive ketones (excluding diaryl/α,β-unsaturated/α-hetero) is 1. The normalized spacial score (nSPS) is 12.9. The number of carbonyl (C=O) groups excluding carboxylic acids is 1. The van der Waals surface area contributed by atoms with Crippen LogP contribution in [0.3, 0.4) is 0 Å². The zero-order chi connectivity index (χ0) is 13.0. The largest absolute Gasteiger partial charge is 0.490 e. The van der Waals surface area contributed by atoms with Gasteiger partial charge in [0.05, 0.1) is 17.7 Å². The molecular formula is C14H21NO2. The molecule has 0 radical (unpaired) electrons. The summed E-state index contributed by atoms with van der Waals surface area (Å²) in [6.07, 6.45) is 0.0409. The van der Waals surface area contributed by atoms with Crippen molar-refractivity contribution < 1.29 is 9.53 Å². The molecule has 1 aromatic carbocycles. The third kappa shape index (κ3) is 3.56. The van der Waals surface area contributed by atoms with E-state index in [1.165, 1.54) is 0 Å². The van der Waals surface area contributed by atoms with Gasteiger partial charge in [-0.15, -0.1) is 0 Å². The van der Waals surface area contributed by atoms with Gasteiger partial charge in [0.25, 0.3) is 0 Å². The van der Waals surface area contributed by atoms with Gasteiger partial charge in [0.15, 0.2) is 5.78 Å². The molecule has 0 aromatic heterocycles. The third-order valence-corrected chi connectivity index (χ3v) is 2.54. The number of ketones is 1. The van der Waals surface area contributed by atoms with Gasteiger partial charge in [0.2, 0.25) is 0 Å². The van der Waals surface area contributed by atoms with E-state index < -0.39 is 6.04 Å². The predicted octanol–water partition coefficient (Wildman–Crippen LogP) is 2.64. The smallest absolute Gasteiger partial charge is 0.183 e. The van der Waals surface area contributed by atoms with Gasteiger partial charge in [-0.25, -0.2) is 0 Å². The summed E-state index contributed by atoms with van der Waals surface area (Å²) in [7, 11) is 0. The molecule has 0 aliphatic carbocycles. The number of carbonyl (C=O) groups is 1. The van der Waals surface area contributed by atoms with Crippen molar-refractivity contribution in [2.75, 3.05) is 0 Å². The Hall–Kier alpha value is -1.35. The van der Waals surface area contributed by atoms with E-state index in [9.17, 15) is 4.79 Å². The van der Waals surface area contributed by atoms with E-state index >= 15 is 0 Å². The molecule has 0 saturated carbocycles. The summed E-state index contributed by atoms with van der Waals surface area (Å²) >= 11 is 0. The lowest BCUT2D eigenvalue weighted by Crippen LogP contribution is -2.35. The fourth-order valence-corrected chi connectivity index (χ4v) is 1.51. The number of hydrogen-bond acceptors (Lipinski definition) is 3. The maximum atomic E-state index is 12.2. The van der Waals surface area contributed by atoms with Gasteiger partial charge in [0, 0.05) is 0 Å². The molecule has 0 spiro atoms. The van der Waals surface area contributed by atoms with Crippen molar-refractivity contribution in [3.05, 3.63) is 29.8 Å². The maximum absolute atomic E-state index is 12.2. The van der Waals surface area contributed by atoms with E-state index in [1.54, 1.807) is 12.1 Å². The first kappa shape index (κ1) is 13.7. The van der Waals surface area contributed by atoms with Gasteiger partial charge in [-0.1, -0.05) is 26.0 Å². The van der Waals surface area contributed by atoms with Gasteiger partial charge in [-0.2, -0.15) is 0 Å². The fourth-order valence-electron chi connectivity index (χ4n) is 1.51. The molecule has 0 fully saturated rings. The van der Waals surface area contributed by atoms with Crippen LogP contribution in [0.15, 0.2) is 24.3 Å². The number of para-hydroxylation sites is 1. The molecule has 0 bridgehead atoms. The van der Waals surface area contributed by atoms with Crippen molar-refractivity contribution in [2.24, 2.45) is 11.7 Å². The Labute approximate surface area is 103 Å². The molecule has 1 unspecified atom stereocenters. The van der Waals surface area contributed by atoms with Crippen molar-refractivity contribution in [2.45, 2.75) is 39.8 Å². The van der Waals surface area contributed by atoms with Gasteiger partial charge in [-0.3, -0.25) is 4.79 Å². The van der Waals surface area contributed by atoms with Crippen LogP contribution in [0.2, 0.25) is 0 Å². The second-order valence-corrected chi connectivity index (χ2v) is 4.80. The molecule has 3 heteroatoms. The lowest BCUT2D eigenvalue weighted by Gasteiger charge is -2.18. The molecule has 94 valence electrons. The topological polar surface area (TPSA) is 52.3 Å². The van der Waals surface area contributed by atoms with Crippen LogP contribution < -0.4 is 10.5 Å². The first-order valence-electron chi connectivity index (χ1n) is 5.99. The van der Waals surface area contributed by atoms with E-state index in [-0.39, 0.29) is 17.8 Å². The van der Waals surface area contributed by atoms with E-state index in [1.807, 2.05) is 39.8 Å². The minimum absolute atomic E-state index is 0.0409. The molecule has 0 aliphatic rings. The van der Waals surface area contributed by atoms with Crippen LogP contribution in [0.5, 0.6) is 5.75 Å². The summed E-state index contributed by atoms with van der Waals surface area (Å²) in [5.41, 5.74) is 6.46. The molecule has 17 heavy (non-hydrogen) atoms. The molecular weight excluding hydrogens is 214 g/mol. The Morgan fingerprint density at radius 1 is 1.18 bits per heavy atom. The van der Waals surface area contributed by atoms with Crippen molar-refractivity contribution in [1.29, 1.82) is 0 Å². The van der Waals surface area contributed by atoms with E-state index in [0.717, 1.165) is 0 Å². The summed E-state index contributed by atoms with van der Waals surface area (Å²) in [6, 6.07) is 6.78. The number of benzene rings is 1. The van der Waals surface area contributed by atoms with Crippen molar-refractivity contribution in [3.63, 3.8) is 0 Å². The van der Waals surface area contributed by atoms with Crippen molar-refractivity contribution >= 4 is 5.78 Å². The van der Waals surface area contributed by atoms with E-state index in [4.69, 9.17) is 10.5 Å². The first-order chi connectivity index (χ1) is 7.93. The summed E-state index contributed by atoms with van der Waals surface area (Å²) < 4.78 is 5.62. The average molecular weight is 235 g/mol. The highest BCUT2D eigenvalue weighted by atomic mass is 16.5. The molecule has 1 aromatic rings. The number of ether oxygens (including phenoxy) is 1. The van der Waals surface area contributed by atoms with Gasteiger partial charge < -0.3 is 10.5 Å². The molecule has 2 N–H and O–H groups in total. The van der Waals surface area contributed by atoms with Crippen LogP contribution in [0.1, 0.15) is 38.1 Å². The van der Waals surface area contributed by atoms with E-state index in [0.29, 0.717) is 11.3 Å². The molecule has 0 aliphatic heterocycles. The second kappa shape index (κ2) is 5.82. The minimum atomic E-state index is -0.480. The molecule has 1 atom stereocenters. The van der Waals surface area contributed by atoms with Crippen LogP contribution in [0.25, 0.3) is 0 Å². The number of rotatable bonds is 5. The van der Waals surface area contributed by atoms with Crippen LogP contribution in [-0.2, 0) is 0 Å². The molecule has 3 nitrogen and oxygen atoms in total. The zero-order valence-corrected chi connectivity index (χ0v) is 10.9. The Balaban J connectivity index is 3.00. The second-order valence-electron chi connectivity index (χ2n) is 4.80. The summed E-state index contributed by atoms with van der Waals surface area (Å²) in [5, 5.41) is 0. The highest BCUT2D eigenvalue weighted by molar-refractivity contribution is 6.02. The summed E-state index contributed by atoms with van der Waals surface area (Å²) in [4.78, 5) is 12.2. The molecule has 1 rings (SSSR count). The Morgan fingerprint density at radius 3 is 2.29 bits per heavy atom. The minimum Gasteiger partial charge on any atom is -0.490 e. The highest BCUT2D eigenvalue weighted by Gasteiger charge is 2.22. The van der Waals surface area contributed by atoms with Gasteiger partial charge >= 0.3 is 0 Å². The number of nitrogens with two attached hydrogens (primary N) is 1. The van der Waals surface area contributed by atoms with Crippen LogP contribution in [0.4, 0.5) is 0 Å². The number of hydrogen-bond donors (Lipinski definition) is 1. The van der Waals surface area contributed by atoms with Crippen LogP contribution in [0, 0.1) is 5.92 Å². The lowest BCUT2D eigenvalue weighted by atomic mass is 9.95. The predicted molar refractivity (Wildman–Crippen MR) is 69.3 cm³/mol. The van der Waals surface area contributed by atoms with Crippen LogP contribution in [-0.4, -0.2) is 17.9 Å². The SMILES string of the molecule is CC(C)Oc1ccccc1C(=O)C(N)C(C)C. The average Bonchev–Trinajstić information content (AvgIpc) is 2.27. The third-order valence-electron chi connectivity index (χ3n) is 2.54. The van der Waals surface area contributed by atoms with Crippen molar-refractivity contribution in [1.82, 2.24) is 0 Å². The highest BCUT2D eigenvalue weighted by Crippen LogP contribution is 2.22. The monoisotopic (exact) mass is 235 g/mol. The quantitative estimate of drug-likeness (QED) is 0.798. The lowest BCUT2D eigenvalue weighted by molar-refractivity contribution is 0.0934. The Kier molecular flexibility index (Phi) is 4.70. The first-order valence-corrected chi connectivity index (χ1v) is 5.99. The molecule has 0 amide bonds. The van der Waals surface area contributed by atoms with Gasteiger partial charge in [0.1, 0.15) is 5.75 Å².